The molecule has 0 saturated heterocycles. The Balaban J connectivity index is 2.16. The highest BCUT2D eigenvalue weighted by Gasteiger charge is 1.98. The Morgan fingerprint density at radius 1 is 1.38 bits per heavy atom. The maximum absolute atomic E-state index is 12.5. The molecule has 0 saturated carbocycles. The molecule has 0 heterocycles. The first-order valence-electron chi connectivity index (χ1n) is 5.07. The topological polar surface area (TPSA) is 64.4 Å². The van der Waals surface area contributed by atoms with Gasteiger partial charge < -0.3 is 15.8 Å². The van der Waals surface area contributed by atoms with Gasteiger partial charge in [-0.1, -0.05) is 0 Å². The van der Waals surface area contributed by atoms with Gasteiger partial charge in [0.2, 0.25) is 5.91 Å². The smallest absolute Gasteiger partial charge is 0.221 e. The van der Waals surface area contributed by atoms with Gasteiger partial charge in [0.25, 0.3) is 0 Å². The van der Waals surface area contributed by atoms with Crippen molar-refractivity contribution < 1.29 is 13.9 Å². The van der Waals surface area contributed by atoms with Crippen LogP contribution in [0.4, 0.5) is 4.39 Å². The van der Waals surface area contributed by atoms with Gasteiger partial charge in [-0.2, -0.15) is 0 Å². The van der Waals surface area contributed by atoms with Crippen molar-refractivity contribution in [2.24, 2.45) is 5.73 Å². The van der Waals surface area contributed by atoms with Gasteiger partial charge in [0.15, 0.2) is 0 Å². The van der Waals surface area contributed by atoms with E-state index in [1.807, 2.05) is 0 Å². The van der Waals surface area contributed by atoms with Gasteiger partial charge in [0, 0.05) is 13.0 Å². The number of ether oxygens (including phenoxy) is 1. The number of rotatable bonds is 6. The average Bonchev–Trinajstić information content (AvgIpc) is 2.27. The molecule has 0 unspecified atom stereocenters. The van der Waals surface area contributed by atoms with E-state index < -0.39 is 0 Å². The van der Waals surface area contributed by atoms with Crippen LogP contribution in [-0.2, 0) is 4.79 Å². The molecule has 1 aromatic carbocycles. The van der Waals surface area contributed by atoms with E-state index in [2.05, 4.69) is 5.32 Å². The Labute approximate surface area is 93.6 Å². The minimum Gasteiger partial charge on any atom is -0.492 e. The number of nitrogens with one attached hydrogen (secondary N) is 1. The summed E-state index contributed by atoms with van der Waals surface area (Å²) < 4.78 is 17.8. The Hall–Kier alpha value is -1.62. The van der Waals surface area contributed by atoms with Gasteiger partial charge in [0.1, 0.15) is 18.2 Å². The Bertz CT molecular complexity index is 327. The predicted octanol–water partition coefficient (Wildman–Crippen LogP) is 0.669. The molecule has 0 aliphatic heterocycles. The second-order valence-corrected chi connectivity index (χ2v) is 3.19. The first kappa shape index (κ1) is 12.4. The number of nitrogens with two attached hydrogens (primary N) is 1. The molecule has 5 heteroatoms. The zero-order valence-electron chi connectivity index (χ0n) is 8.91. The van der Waals surface area contributed by atoms with Gasteiger partial charge in [0.05, 0.1) is 6.54 Å². The second kappa shape index (κ2) is 6.79. The third-order valence-corrected chi connectivity index (χ3v) is 1.88. The van der Waals surface area contributed by atoms with E-state index in [1.165, 1.54) is 24.3 Å². The Morgan fingerprint density at radius 2 is 2.06 bits per heavy atom. The van der Waals surface area contributed by atoms with Crippen molar-refractivity contribution in [1.82, 2.24) is 5.32 Å². The summed E-state index contributed by atoms with van der Waals surface area (Å²) in [5.41, 5.74) is 5.21. The van der Waals surface area contributed by atoms with E-state index >= 15 is 0 Å². The van der Waals surface area contributed by atoms with Crippen LogP contribution >= 0.6 is 0 Å². The zero-order valence-corrected chi connectivity index (χ0v) is 8.91. The van der Waals surface area contributed by atoms with Gasteiger partial charge in [-0.25, -0.2) is 4.39 Å². The molecule has 4 nitrogen and oxygen atoms in total. The van der Waals surface area contributed by atoms with Gasteiger partial charge in [-0.3, -0.25) is 4.79 Å². The van der Waals surface area contributed by atoms with Crippen molar-refractivity contribution in [2.75, 3.05) is 19.7 Å². The fourth-order valence-electron chi connectivity index (χ4n) is 1.11. The highest BCUT2D eigenvalue weighted by Crippen LogP contribution is 2.10. The number of carbonyl (C=O) groups is 1. The second-order valence-electron chi connectivity index (χ2n) is 3.19. The summed E-state index contributed by atoms with van der Waals surface area (Å²) in [7, 11) is 0. The van der Waals surface area contributed by atoms with E-state index in [0.29, 0.717) is 31.9 Å². The summed E-state index contributed by atoms with van der Waals surface area (Å²) in [6, 6.07) is 5.72. The van der Waals surface area contributed by atoms with Crippen molar-refractivity contribution in [1.29, 1.82) is 0 Å². The van der Waals surface area contributed by atoms with E-state index in [4.69, 9.17) is 10.5 Å². The summed E-state index contributed by atoms with van der Waals surface area (Å²) in [6.07, 6.45) is 0.316. The fraction of sp³-hybridized carbons (Fsp3) is 0.364. The monoisotopic (exact) mass is 226 g/mol. The van der Waals surface area contributed by atoms with E-state index in [1.54, 1.807) is 0 Å². The van der Waals surface area contributed by atoms with Crippen molar-refractivity contribution in [3.8, 4) is 5.75 Å². The largest absolute Gasteiger partial charge is 0.492 e. The molecule has 0 atom stereocenters. The molecule has 0 aromatic heterocycles. The number of carbonyl (C=O) groups excluding carboxylic acids is 1. The molecule has 1 amide bonds. The standard InChI is InChI=1S/C11H15FN2O2/c12-9-1-3-10(4-2-9)16-8-7-14-11(15)5-6-13/h1-4H,5-8,13H2,(H,14,15). The Morgan fingerprint density at radius 3 is 2.69 bits per heavy atom. The molecule has 3 N–H and O–H groups in total. The number of halogens is 1. The summed E-state index contributed by atoms with van der Waals surface area (Å²) >= 11 is 0. The average molecular weight is 226 g/mol. The van der Waals surface area contributed by atoms with Gasteiger partial charge in [-0.05, 0) is 24.3 Å². The number of hydrogen-bond donors (Lipinski definition) is 2. The number of amides is 1. The lowest BCUT2D eigenvalue weighted by Crippen LogP contribution is -2.29. The van der Waals surface area contributed by atoms with Gasteiger partial charge >= 0.3 is 0 Å². The molecule has 0 bridgehead atoms. The van der Waals surface area contributed by atoms with Crippen LogP contribution < -0.4 is 15.8 Å². The van der Waals surface area contributed by atoms with Crippen molar-refractivity contribution in [3.05, 3.63) is 30.1 Å². The minimum absolute atomic E-state index is 0.0924. The number of hydrogen-bond acceptors (Lipinski definition) is 3. The first-order valence-corrected chi connectivity index (χ1v) is 5.07. The molecule has 0 aliphatic carbocycles. The molecule has 0 radical (unpaired) electrons. The minimum atomic E-state index is -0.302. The van der Waals surface area contributed by atoms with Crippen molar-refractivity contribution >= 4 is 5.91 Å². The summed E-state index contributed by atoms with van der Waals surface area (Å²) in [6.45, 7) is 1.10. The first-order chi connectivity index (χ1) is 7.72. The molecule has 0 aliphatic rings. The normalized spacial score (nSPS) is 9.88. The predicted molar refractivity (Wildman–Crippen MR) is 58.6 cm³/mol. The Kier molecular flexibility index (Phi) is 5.28. The highest BCUT2D eigenvalue weighted by molar-refractivity contribution is 5.75. The summed E-state index contributed by atoms with van der Waals surface area (Å²) in [5.74, 6) is 0.184. The highest BCUT2D eigenvalue weighted by atomic mass is 19.1. The molecular formula is C11H15FN2O2. The summed E-state index contributed by atoms with van der Waals surface area (Å²) in [4.78, 5) is 11.0. The fourth-order valence-corrected chi connectivity index (χ4v) is 1.11. The van der Waals surface area contributed by atoms with Crippen LogP contribution in [0.25, 0.3) is 0 Å². The van der Waals surface area contributed by atoms with Crippen LogP contribution in [0.5, 0.6) is 5.75 Å². The van der Waals surface area contributed by atoms with Crippen LogP contribution in [0.3, 0.4) is 0 Å². The molecule has 0 fully saturated rings. The van der Waals surface area contributed by atoms with Crippen LogP contribution in [0.2, 0.25) is 0 Å². The molecule has 1 aromatic rings. The van der Waals surface area contributed by atoms with Gasteiger partial charge in [-0.15, -0.1) is 0 Å². The van der Waals surface area contributed by atoms with Crippen molar-refractivity contribution in [2.45, 2.75) is 6.42 Å². The van der Waals surface area contributed by atoms with Crippen LogP contribution in [-0.4, -0.2) is 25.6 Å². The lowest BCUT2D eigenvalue weighted by molar-refractivity contribution is -0.120. The van der Waals surface area contributed by atoms with E-state index in [9.17, 15) is 9.18 Å². The van der Waals surface area contributed by atoms with E-state index in [0.717, 1.165) is 0 Å². The maximum atomic E-state index is 12.5. The number of benzene rings is 1. The zero-order chi connectivity index (χ0) is 11.8. The molecule has 1 rings (SSSR count). The van der Waals surface area contributed by atoms with Crippen LogP contribution in [0.1, 0.15) is 6.42 Å². The quantitative estimate of drug-likeness (QED) is 0.701. The third kappa shape index (κ3) is 4.75. The van der Waals surface area contributed by atoms with E-state index in [-0.39, 0.29) is 11.7 Å². The van der Waals surface area contributed by atoms with Crippen molar-refractivity contribution in [3.63, 3.8) is 0 Å². The summed E-state index contributed by atoms with van der Waals surface area (Å²) in [5, 5.41) is 2.65. The third-order valence-electron chi connectivity index (χ3n) is 1.88. The van der Waals surface area contributed by atoms with Crippen LogP contribution in [0, 0.1) is 5.82 Å². The molecule has 16 heavy (non-hydrogen) atoms. The lowest BCUT2D eigenvalue weighted by atomic mass is 10.3. The van der Waals surface area contributed by atoms with Crippen LogP contribution in [0.15, 0.2) is 24.3 Å². The molecule has 88 valence electrons. The maximum Gasteiger partial charge on any atom is 0.221 e. The SMILES string of the molecule is NCCC(=O)NCCOc1ccc(F)cc1. The molecule has 0 spiro atoms. The molecular weight excluding hydrogens is 211 g/mol. The lowest BCUT2D eigenvalue weighted by Gasteiger charge is -2.07.